The van der Waals surface area contributed by atoms with Crippen molar-refractivity contribution in [1.82, 2.24) is 9.80 Å². The SMILES string of the molecule is COc1ccc(C2=NC(C)(C)N(CC(=O)N3CCN(c4ccccc4F)CC3)C2=O)cc1. The molecule has 0 saturated carbocycles. The zero-order chi connectivity index (χ0) is 22.9. The number of benzene rings is 2. The van der Waals surface area contributed by atoms with Crippen LogP contribution < -0.4 is 9.64 Å². The van der Waals surface area contributed by atoms with Gasteiger partial charge in [-0.25, -0.2) is 4.39 Å². The molecule has 2 aromatic rings. The first kappa shape index (κ1) is 21.8. The van der Waals surface area contributed by atoms with Crippen LogP contribution in [0.1, 0.15) is 19.4 Å². The zero-order valence-electron chi connectivity index (χ0n) is 18.5. The van der Waals surface area contributed by atoms with Crippen LogP contribution in [0.5, 0.6) is 5.75 Å². The van der Waals surface area contributed by atoms with Crippen molar-refractivity contribution in [2.75, 3.05) is 44.7 Å². The third-order valence-corrected chi connectivity index (χ3v) is 5.98. The van der Waals surface area contributed by atoms with Crippen LogP contribution in [0.3, 0.4) is 0 Å². The Morgan fingerprint density at radius 2 is 1.72 bits per heavy atom. The number of amides is 2. The molecule has 0 aromatic heterocycles. The lowest BCUT2D eigenvalue weighted by Gasteiger charge is -2.38. The molecular weight excluding hydrogens is 411 g/mol. The minimum Gasteiger partial charge on any atom is -0.497 e. The number of rotatable bonds is 5. The average Bonchev–Trinajstić information content (AvgIpc) is 3.03. The molecule has 32 heavy (non-hydrogen) atoms. The number of hydrogen-bond acceptors (Lipinski definition) is 5. The third-order valence-electron chi connectivity index (χ3n) is 5.98. The molecular formula is C24H27FN4O3. The van der Waals surface area contributed by atoms with E-state index in [0.717, 1.165) is 0 Å². The van der Waals surface area contributed by atoms with Gasteiger partial charge in [0.2, 0.25) is 5.91 Å². The first-order valence-electron chi connectivity index (χ1n) is 10.6. The number of halogens is 1. The molecule has 0 spiro atoms. The van der Waals surface area contributed by atoms with Gasteiger partial charge in [-0.3, -0.25) is 14.6 Å². The summed E-state index contributed by atoms with van der Waals surface area (Å²) in [5.41, 5.74) is 0.761. The maximum absolute atomic E-state index is 14.1. The third kappa shape index (κ3) is 4.17. The van der Waals surface area contributed by atoms with E-state index in [1.807, 2.05) is 18.7 Å². The largest absolute Gasteiger partial charge is 0.497 e. The Morgan fingerprint density at radius 1 is 1.06 bits per heavy atom. The molecule has 0 N–H and O–H groups in total. The molecule has 7 nitrogen and oxygen atoms in total. The Bertz CT molecular complexity index is 1040. The molecule has 2 aliphatic heterocycles. The molecule has 4 rings (SSSR count). The fourth-order valence-electron chi connectivity index (χ4n) is 4.10. The van der Waals surface area contributed by atoms with Crippen LogP contribution in [-0.2, 0) is 9.59 Å². The van der Waals surface area contributed by atoms with E-state index in [2.05, 4.69) is 4.99 Å². The van der Waals surface area contributed by atoms with Crippen LogP contribution in [0, 0.1) is 5.82 Å². The Labute approximate surface area is 187 Å². The highest BCUT2D eigenvalue weighted by Gasteiger charge is 2.42. The molecule has 0 bridgehead atoms. The van der Waals surface area contributed by atoms with Crippen molar-refractivity contribution in [3.8, 4) is 5.75 Å². The summed E-state index contributed by atoms with van der Waals surface area (Å²) in [5, 5.41) is 0. The fourth-order valence-corrected chi connectivity index (χ4v) is 4.10. The second kappa shape index (κ2) is 8.61. The molecule has 2 aliphatic rings. The van der Waals surface area contributed by atoms with E-state index >= 15 is 0 Å². The number of carbonyl (C=O) groups is 2. The predicted molar refractivity (Wildman–Crippen MR) is 121 cm³/mol. The molecule has 168 valence electrons. The summed E-state index contributed by atoms with van der Waals surface area (Å²) in [7, 11) is 1.58. The molecule has 2 amide bonds. The number of nitrogens with zero attached hydrogens (tertiary/aromatic N) is 4. The van der Waals surface area contributed by atoms with E-state index in [9.17, 15) is 14.0 Å². The Balaban J connectivity index is 1.40. The van der Waals surface area contributed by atoms with Crippen LogP contribution in [0.15, 0.2) is 53.5 Å². The van der Waals surface area contributed by atoms with E-state index in [1.165, 1.54) is 11.0 Å². The quantitative estimate of drug-likeness (QED) is 0.720. The molecule has 2 aromatic carbocycles. The highest BCUT2D eigenvalue weighted by atomic mass is 19.1. The fraction of sp³-hybridized carbons (Fsp3) is 0.375. The summed E-state index contributed by atoms with van der Waals surface area (Å²) in [6.45, 7) is 5.63. The normalized spacial score (nSPS) is 18.1. The van der Waals surface area contributed by atoms with Crippen LogP contribution >= 0.6 is 0 Å². The number of piperazine rings is 1. The summed E-state index contributed by atoms with van der Waals surface area (Å²) >= 11 is 0. The predicted octanol–water partition coefficient (Wildman–Crippen LogP) is 2.55. The van der Waals surface area contributed by atoms with Crippen molar-refractivity contribution >= 4 is 23.2 Å². The summed E-state index contributed by atoms with van der Waals surface area (Å²) < 4.78 is 19.2. The summed E-state index contributed by atoms with van der Waals surface area (Å²) in [6.07, 6.45) is 0. The summed E-state index contributed by atoms with van der Waals surface area (Å²) in [4.78, 5) is 35.9. The molecule has 0 radical (unpaired) electrons. The molecule has 0 unspecified atom stereocenters. The number of methoxy groups -OCH3 is 1. The lowest BCUT2D eigenvalue weighted by Crippen LogP contribution is -2.54. The molecule has 8 heteroatoms. The Kier molecular flexibility index (Phi) is 5.86. The van der Waals surface area contributed by atoms with Crippen LogP contribution in [0.4, 0.5) is 10.1 Å². The summed E-state index contributed by atoms with van der Waals surface area (Å²) in [5.74, 6) is 0.0322. The minimum absolute atomic E-state index is 0.0469. The van der Waals surface area contributed by atoms with Crippen molar-refractivity contribution in [2.45, 2.75) is 19.5 Å². The van der Waals surface area contributed by atoms with Crippen molar-refractivity contribution in [3.05, 3.63) is 59.9 Å². The van der Waals surface area contributed by atoms with Gasteiger partial charge in [-0.1, -0.05) is 12.1 Å². The topological polar surface area (TPSA) is 65.5 Å². The van der Waals surface area contributed by atoms with Crippen molar-refractivity contribution in [2.24, 2.45) is 4.99 Å². The van der Waals surface area contributed by atoms with Crippen LogP contribution in [0.25, 0.3) is 0 Å². The van der Waals surface area contributed by atoms with E-state index in [0.29, 0.717) is 48.9 Å². The monoisotopic (exact) mass is 438 g/mol. The minimum atomic E-state index is -0.822. The van der Waals surface area contributed by atoms with Gasteiger partial charge in [0.1, 0.15) is 29.5 Å². The molecule has 0 atom stereocenters. The molecule has 1 fully saturated rings. The average molecular weight is 439 g/mol. The van der Waals surface area contributed by atoms with Crippen LogP contribution in [-0.4, -0.2) is 72.8 Å². The second-order valence-corrected chi connectivity index (χ2v) is 8.39. The van der Waals surface area contributed by atoms with Crippen molar-refractivity contribution in [1.29, 1.82) is 0 Å². The Hall–Kier alpha value is -3.42. The smallest absolute Gasteiger partial charge is 0.275 e. The van der Waals surface area contributed by atoms with E-state index < -0.39 is 5.66 Å². The number of para-hydroxylation sites is 1. The highest BCUT2D eigenvalue weighted by molar-refractivity contribution is 6.47. The van der Waals surface area contributed by atoms with Gasteiger partial charge in [0.25, 0.3) is 5.91 Å². The van der Waals surface area contributed by atoms with E-state index in [-0.39, 0.29) is 24.2 Å². The second-order valence-electron chi connectivity index (χ2n) is 8.39. The van der Waals surface area contributed by atoms with Crippen molar-refractivity contribution in [3.63, 3.8) is 0 Å². The maximum atomic E-state index is 14.1. The lowest BCUT2D eigenvalue weighted by atomic mass is 10.1. The van der Waals surface area contributed by atoms with Gasteiger partial charge in [0.05, 0.1) is 12.8 Å². The van der Waals surface area contributed by atoms with Gasteiger partial charge in [-0.15, -0.1) is 0 Å². The standard InChI is InChI=1S/C24H27FN4O3/c1-24(2)26-22(17-8-10-18(32-3)11-9-17)23(31)29(24)16-21(30)28-14-12-27(13-15-28)20-7-5-4-6-19(20)25/h4-11H,12-16H2,1-3H3. The van der Waals surface area contributed by atoms with Gasteiger partial charge in [0.15, 0.2) is 0 Å². The number of ether oxygens (including phenoxy) is 1. The van der Waals surface area contributed by atoms with Crippen LogP contribution in [0.2, 0.25) is 0 Å². The van der Waals surface area contributed by atoms with Gasteiger partial charge >= 0.3 is 0 Å². The van der Waals surface area contributed by atoms with Gasteiger partial charge < -0.3 is 19.4 Å². The molecule has 2 heterocycles. The first-order valence-corrected chi connectivity index (χ1v) is 10.6. The lowest BCUT2D eigenvalue weighted by molar-refractivity contribution is -0.140. The van der Waals surface area contributed by atoms with Gasteiger partial charge in [-0.2, -0.15) is 0 Å². The van der Waals surface area contributed by atoms with E-state index in [1.54, 1.807) is 54.5 Å². The highest BCUT2D eigenvalue weighted by Crippen LogP contribution is 2.27. The number of hydrogen-bond donors (Lipinski definition) is 0. The van der Waals surface area contributed by atoms with Crippen molar-refractivity contribution < 1.29 is 18.7 Å². The molecule has 1 saturated heterocycles. The maximum Gasteiger partial charge on any atom is 0.275 e. The summed E-state index contributed by atoms with van der Waals surface area (Å²) in [6, 6.07) is 13.8. The zero-order valence-corrected chi connectivity index (χ0v) is 18.5. The molecule has 0 aliphatic carbocycles. The number of carbonyl (C=O) groups excluding carboxylic acids is 2. The number of anilines is 1. The van der Waals surface area contributed by atoms with Gasteiger partial charge in [-0.05, 0) is 50.2 Å². The van der Waals surface area contributed by atoms with Gasteiger partial charge in [0, 0.05) is 31.7 Å². The number of aliphatic imine (C=N–C) groups is 1. The van der Waals surface area contributed by atoms with E-state index in [4.69, 9.17) is 4.74 Å². The Morgan fingerprint density at radius 3 is 2.34 bits per heavy atom. The first-order chi connectivity index (χ1) is 15.3.